The molecule has 0 amide bonds. The molecule has 3 heteroatoms. The molecule has 1 atom stereocenters. The predicted octanol–water partition coefficient (Wildman–Crippen LogP) is 4.10. The Kier molecular flexibility index (Phi) is 6.50. The van der Waals surface area contributed by atoms with Gasteiger partial charge in [0.15, 0.2) is 0 Å². The average Bonchev–Trinajstić information content (AvgIpc) is 2.46. The Balaban J connectivity index is 0.000000845. The quantitative estimate of drug-likeness (QED) is 0.450. The summed E-state index contributed by atoms with van der Waals surface area (Å²) in [6.45, 7) is 2.24. The summed E-state index contributed by atoms with van der Waals surface area (Å²) in [7, 11) is 0. The molecule has 1 aliphatic carbocycles. The van der Waals surface area contributed by atoms with Crippen molar-refractivity contribution < 1.29 is 20.4 Å². The summed E-state index contributed by atoms with van der Waals surface area (Å²) < 4.78 is 0.288. The summed E-state index contributed by atoms with van der Waals surface area (Å²) >= 11 is 2.30. The molecule has 0 aromatic heterocycles. The summed E-state index contributed by atoms with van der Waals surface area (Å²) in [5, 5.41) is 0. The van der Waals surface area contributed by atoms with Gasteiger partial charge in [0.05, 0.1) is 0 Å². The van der Waals surface area contributed by atoms with Crippen molar-refractivity contribution in [1.82, 2.24) is 0 Å². The van der Waals surface area contributed by atoms with Crippen LogP contribution >= 0.6 is 48.0 Å². The largest absolute Gasteiger partial charge is 0.107 e. The molecule has 0 nitrogen and oxygen atoms in total. The Morgan fingerprint density at radius 1 is 1.21 bits per heavy atom. The number of rotatable bonds is 1. The second-order valence-electron chi connectivity index (χ2n) is 3.25. The molecule has 2 rings (SSSR count). The molecule has 0 saturated carbocycles. The smallest absolute Gasteiger partial charge is 0.107 e. The molecule has 1 aromatic rings. The van der Waals surface area contributed by atoms with Gasteiger partial charge >= 0.3 is 85.0 Å². The number of hydrogen-bond donors (Lipinski definition) is 0. The Labute approximate surface area is 131 Å². The van der Waals surface area contributed by atoms with Gasteiger partial charge in [-0.3, -0.25) is 0 Å². The van der Waals surface area contributed by atoms with Crippen LogP contribution in [0.15, 0.2) is 30.3 Å². The van der Waals surface area contributed by atoms with Gasteiger partial charge in [-0.05, 0) is 0 Å². The molecule has 0 saturated heterocycles. The number of hydrogen-bond acceptors (Lipinski definition) is 0. The van der Waals surface area contributed by atoms with Gasteiger partial charge in [0.1, 0.15) is 0 Å². The van der Waals surface area contributed by atoms with E-state index < -0.39 is 0 Å². The minimum Gasteiger partial charge on any atom is -0.107 e. The van der Waals surface area contributed by atoms with Crippen molar-refractivity contribution in [3.8, 4) is 0 Å². The summed E-state index contributed by atoms with van der Waals surface area (Å²) in [4.78, 5) is 0. The molecule has 0 bridgehead atoms. The number of allylic oxidation sites excluding steroid dienone is 1. The molecule has 75 valence electrons. The van der Waals surface area contributed by atoms with Gasteiger partial charge in [-0.2, -0.15) is 0 Å². The first-order valence-corrected chi connectivity index (χ1v) is 5.08. The van der Waals surface area contributed by atoms with Gasteiger partial charge < -0.3 is 0 Å². The van der Waals surface area contributed by atoms with Gasteiger partial charge in [0.2, 0.25) is 0 Å². The van der Waals surface area contributed by atoms with E-state index in [4.69, 9.17) is 0 Å². The van der Waals surface area contributed by atoms with E-state index in [1.165, 1.54) is 17.5 Å². The van der Waals surface area contributed by atoms with Crippen LogP contribution in [0.2, 0.25) is 0 Å². The first kappa shape index (κ1) is 15.1. The summed E-state index contributed by atoms with van der Waals surface area (Å²) in [5.41, 5.74) is 2.87. The van der Waals surface area contributed by atoms with Gasteiger partial charge in [0, 0.05) is 0 Å². The zero-order valence-corrected chi connectivity index (χ0v) is 14.2. The van der Waals surface area contributed by atoms with Crippen LogP contribution in [0.4, 0.5) is 0 Å². The van der Waals surface area contributed by atoms with Crippen LogP contribution in [0.5, 0.6) is 0 Å². The third-order valence-corrected chi connectivity index (χ3v) is 3.78. The zero-order chi connectivity index (χ0) is 8.60. The van der Waals surface area contributed by atoms with Crippen LogP contribution < -0.4 is 0 Å². The second kappa shape index (κ2) is 6.01. The summed E-state index contributed by atoms with van der Waals surface area (Å²) in [6.07, 6.45) is 5.73. The molecule has 0 radical (unpaired) electrons. The van der Waals surface area contributed by atoms with E-state index >= 15 is 0 Å². The molecule has 0 aliphatic heterocycles. The minimum atomic E-state index is 0. The van der Waals surface area contributed by atoms with Crippen molar-refractivity contribution in [2.45, 2.75) is 17.1 Å². The van der Waals surface area contributed by atoms with Crippen LogP contribution in [0, 0.1) is 0 Å². The van der Waals surface area contributed by atoms with Crippen LogP contribution in [0.25, 0.3) is 6.08 Å². The van der Waals surface area contributed by atoms with Crippen molar-refractivity contribution >= 4 is 54.0 Å². The number of benzene rings is 1. The average molecular weight is 447 g/mol. The van der Waals surface area contributed by atoms with Gasteiger partial charge in [-0.15, -0.1) is 48.0 Å². The number of halogens is 2. The summed E-state index contributed by atoms with van der Waals surface area (Å²) in [5.74, 6) is 0. The van der Waals surface area contributed by atoms with E-state index in [-0.39, 0.29) is 51.7 Å². The topological polar surface area (TPSA) is 0 Å². The van der Waals surface area contributed by atoms with Crippen LogP contribution in [0.3, 0.4) is 0 Å². The normalized spacial score (nSPS) is 22.0. The molecule has 0 heterocycles. The standard InChI is InChI=1S/C11H11.2HI.Ti/c1-2-9-7-8-10-5-3-4-6-11(9)10;;;/h3-8H,2H2,1H3;2*1H;. The molecular formula is C11H13I2Ti. The van der Waals surface area contributed by atoms with Gasteiger partial charge in [-0.1, -0.05) is 0 Å². The maximum Gasteiger partial charge on any atom is -0.107 e. The molecule has 14 heavy (non-hydrogen) atoms. The third kappa shape index (κ3) is 2.63. The van der Waals surface area contributed by atoms with Crippen molar-refractivity contribution in [1.29, 1.82) is 0 Å². The van der Waals surface area contributed by atoms with Crippen LogP contribution in [-0.4, -0.2) is 0 Å². The number of fused-ring (bicyclic) bond motifs is 1. The van der Waals surface area contributed by atoms with E-state index in [9.17, 15) is 0 Å². The van der Waals surface area contributed by atoms with Crippen LogP contribution in [0.1, 0.15) is 24.5 Å². The molecule has 1 aromatic carbocycles. The molecule has 0 fully saturated rings. The Morgan fingerprint density at radius 2 is 1.86 bits per heavy atom. The SMILES string of the molecule is CC[C]1([Ti])C=Cc2ccccc21.I.I. The van der Waals surface area contributed by atoms with Crippen molar-refractivity contribution in [2.24, 2.45) is 0 Å². The molecule has 1 aliphatic rings. The Hall–Kier alpha value is 1.13. The van der Waals surface area contributed by atoms with Gasteiger partial charge in [-0.25, -0.2) is 0 Å². The van der Waals surface area contributed by atoms with Crippen LogP contribution in [-0.2, 0) is 24.2 Å². The molecule has 0 N–H and O–H groups in total. The van der Waals surface area contributed by atoms with E-state index in [1.54, 1.807) is 0 Å². The molecule has 0 spiro atoms. The Bertz CT molecular complexity index is 336. The fraction of sp³-hybridized carbons (Fsp3) is 0.273. The monoisotopic (exact) mass is 447 g/mol. The first-order valence-electron chi connectivity index (χ1n) is 4.30. The maximum absolute atomic E-state index is 2.32. The first-order chi connectivity index (χ1) is 5.76. The maximum atomic E-state index is 2.32. The van der Waals surface area contributed by atoms with E-state index in [0.29, 0.717) is 0 Å². The molecular weight excluding hydrogens is 434 g/mol. The summed E-state index contributed by atoms with van der Waals surface area (Å²) in [6, 6.07) is 8.65. The fourth-order valence-electron chi connectivity index (χ4n) is 1.68. The predicted molar refractivity (Wildman–Crippen MR) is 78.3 cm³/mol. The van der Waals surface area contributed by atoms with E-state index in [0.717, 1.165) is 0 Å². The van der Waals surface area contributed by atoms with E-state index in [2.05, 4.69) is 63.8 Å². The minimum absolute atomic E-state index is 0. The van der Waals surface area contributed by atoms with Crippen molar-refractivity contribution in [3.63, 3.8) is 0 Å². The second-order valence-corrected chi connectivity index (χ2v) is 4.64. The zero-order valence-electron chi connectivity index (χ0n) is 7.99. The van der Waals surface area contributed by atoms with Gasteiger partial charge in [0.25, 0.3) is 0 Å². The van der Waals surface area contributed by atoms with Crippen molar-refractivity contribution in [3.05, 3.63) is 41.5 Å². The third-order valence-electron chi connectivity index (χ3n) is 2.55. The van der Waals surface area contributed by atoms with Crippen molar-refractivity contribution in [2.75, 3.05) is 0 Å². The van der Waals surface area contributed by atoms with E-state index in [1.807, 2.05) is 0 Å². The molecule has 1 unspecified atom stereocenters. The fourth-order valence-corrected chi connectivity index (χ4v) is 2.16. The Morgan fingerprint density at radius 3 is 2.50 bits per heavy atom.